The minimum Gasteiger partial charge on any atom is -0.489 e. The van der Waals surface area contributed by atoms with Crippen molar-refractivity contribution in [3.8, 4) is 11.5 Å². The number of carboxylic acid groups (broad SMARTS) is 1. The summed E-state index contributed by atoms with van der Waals surface area (Å²) >= 11 is 5.62. The number of aliphatic carboxylic acids is 1. The lowest BCUT2D eigenvalue weighted by Crippen LogP contribution is -2.33. The molecule has 0 bridgehead atoms. The Labute approximate surface area is 125 Å². The van der Waals surface area contributed by atoms with E-state index in [4.69, 9.17) is 26.2 Å². The van der Waals surface area contributed by atoms with Crippen molar-refractivity contribution >= 4 is 17.6 Å². The number of benzene rings is 2. The number of hydrogen-bond donors (Lipinski definition) is 1. The summed E-state index contributed by atoms with van der Waals surface area (Å²) in [7, 11) is 0. The molecule has 2 rings (SSSR count). The summed E-state index contributed by atoms with van der Waals surface area (Å²) in [6, 6.07) is 12.4. The van der Waals surface area contributed by atoms with E-state index in [9.17, 15) is 9.18 Å². The first kappa shape index (κ1) is 15.1. The molecule has 110 valence electrons. The monoisotopic (exact) mass is 310 g/mol. The molecule has 21 heavy (non-hydrogen) atoms. The van der Waals surface area contributed by atoms with E-state index in [1.54, 1.807) is 30.3 Å². The second kappa shape index (κ2) is 6.95. The van der Waals surface area contributed by atoms with E-state index < -0.39 is 17.9 Å². The Hall–Kier alpha value is -2.27. The molecule has 1 atom stereocenters. The molecule has 0 spiro atoms. The van der Waals surface area contributed by atoms with Crippen molar-refractivity contribution in [2.75, 3.05) is 6.61 Å². The molecule has 0 saturated heterocycles. The fourth-order valence-electron chi connectivity index (χ4n) is 1.57. The number of halogens is 2. The molecular formula is C15H12ClFO4. The smallest absolute Gasteiger partial charge is 0.348 e. The summed E-state index contributed by atoms with van der Waals surface area (Å²) in [5.41, 5.74) is 0. The molecule has 0 heterocycles. The molecule has 4 nitrogen and oxygen atoms in total. The molecule has 0 saturated carbocycles. The number of carbonyl (C=O) groups is 1. The molecule has 1 unspecified atom stereocenters. The average Bonchev–Trinajstić information content (AvgIpc) is 2.46. The van der Waals surface area contributed by atoms with E-state index >= 15 is 0 Å². The van der Waals surface area contributed by atoms with Gasteiger partial charge in [0, 0.05) is 5.02 Å². The molecule has 0 aliphatic rings. The molecule has 0 radical (unpaired) electrons. The first-order valence-corrected chi connectivity index (χ1v) is 6.46. The van der Waals surface area contributed by atoms with Crippen LogP contribution in [-0.2, 0) is 4.79 Å². The van der Waals surface area contributed by atoms with Gasteiger partial charge >= 0.3 is 5.97 Å². The standard InChI is InChI=1S/C15H12ClFO4/c16-10-6-7-13(12(17)8-10)21-14(15(18)19)9-20-11-4-2-1-3-5-11/h1-8,14H,9H2,(H,18,19). The number of ether oxygens (including phenoxy) is 2. The van der Waals surface area contributed by atoms with Gasteiger partial charge in [0.2, 0.25) is 6.10 Å². The molecule has 1 N–H and O–H groups in total. The van der Waals surface area contributed by atoms with Gasteiger partial charge in [0.1, 0.15) is 12.4 Å². The molecular weight excluding hydrogens is 299 g/mol. The normalized spacial score (nSPS) is 11.7. The van der Waals surface area contributed by atoms with Gasteiger partial charge in [0.15, 0.2) is 11.6 Å². The Kier molecular flexibility index (Phi) is 5.00. The van der Waals surface area contributed by atoms with Crippen molar-refractivity contribution in [3.05, 3.63) is 59.4 Å². The van der Waals surface area contributed by atoms with Crippen LogP contribution in [0.2, 0.25) is 5.02 Å². The summed E-state index contributed by atoms with van der Waals surface area (Å²) in [4.78, 5) is 11.1. The molecule has 2 aromatic rings. The Morgan fingerprint density at radius 2 is 1.95 bits per heavy atom. The van der Waals surface area contributed by atoms with Crippen molar-refractivity contribution in [2.45, 2.75) is 6.10 Å². The summed E-state index contributed by atoms with van der Waals surface area (Å²) < 4.78 is 24.0. The van der Waals surface area contributed by atoms with Crippen LogP contribution in [-0.4, -0.2) is 23.8 Å². The minimum atomic E-state index is -1.33. The largest absolute Gasteiger partial charge is 0.489 e. The molecule has 0 aliphatic carbocycles. The van der Waals surface area contributed by atoms with Crippen LogP contribution in [0.5, 0.6) is 11.5 Å². The van der Waals surface area contributed by atoms with Gasteiger partial charge in [-0.25, -0.2) is 9.18 Å². The van der Waals surface area contributed by atoms with Crippen molar-refractivity contribution in [2.24, 2.45) is 0 Å². The third-order valence-electron chi connectivity index (χ3n) is 2.58. The maximum Gasteiger partial charge on any atom is 0.348 e. The number of rotatable bonds is 6. The van der Waals surface area contributed by atoms with Gasteiger partial charge in [-0.05, 0) is 30.3 Å². The summed E-state index contributed by atoms with van der Waals surface area (Å²) in [6.45, 7) is -0.249. The molecule has 0 amide bonds. The van der Waals surface area contributed by atoms with Crippen LogP contribution in [0.4, 0.5) is 4.39 Å². The van der Waals surface area contributed by atoms with Crippen LogP contribution in [0.1, 0.15) is 0 Å². The van der Waals surface area contributed by atoms with Crippen LogP contribution in [0, 0.1) is 5.82 Å². The van der Waals surface area contributed by atoms with Gasteiger partial charge in [0.25, 0.3) is 0 Å². The Morgan fingerprint density at radius 3 is 2.57 bits per heavy atom. The fourth-order valence-corrected chi connectivity index (χ4v) is 1.73. The lowest BCUT2D eigenvalue weighted by Gasteiger charge is -2.16. The summed E-state index contributed by atoms with van der Waals surface area (Å²) in [5.74, 6) is -1.67. The van der Waals surface area contributed by atoms with E-state index in [0.29, 0.717) is 5.75 Å². The Bertz CT molecular complexity index is 618. The van der Waals surface area contributed by atoms with E-state index in [2.05, 4.69) is 0 Å². The number of para-hydroxylation sites is 1. The highest BCUT2D eigenvalue weighted by atomic mass is 35.5. The maximum atomic E-state index is 13.6. The fraction of sp³-hybridized carbons (Fsp3) is 0.133. The first-order chi connectivity index (χ1) is 10.1. The van der Waals surface area contributed by atoms with Gasteiger partial charge in [-0.2, -0.15) is 0 Å². The molecule has 6 heteroatoms. The van der Waals surface area contributed by atoms with Crippen LogP contribution >= 0.6 is 11.6 Å². The molecule has 2 aromatic carbocycles. The second-order valence-corrected chi connectivity index (χ2v) is 4.58. The highest BCUT2D eigenvalue weighted by Gasteiger charge is 2.22. The summed E-state index contributed by atoms with van der Waals surface area (Å²) in [6.07, 6.45) is -1.33. The third kappa shape index (κ3) is 4.36. The number of hydrogen-bond acceptors (Lipinski definition) is 3. The Morgan fingerprint density at radius 1 is 1.24 bits per heavy atom. The van der Waals surface area contributed by atoms with Gasteiger partial charge in [-0.15, -0.1) is 0 Å². The zero-order valence-corrected chi connectivity index (χ0v) is 11.6. The maximum absolute atomic E-state index is 13.6. The quantitative estimate of drug-likeness (QED) is 0.888. The van der Waals surface area contributed by atoms with E-state index in [1.165, 1.54) is 12.1 Å². The highest BCUT2D eigenvalue weighted by molar-refractivity contribution is 6.30. The average molecular weight is 311 g/mol. The van der Waals surface area contributed by atoms with E-state index in [0.717, 1.165) is 6.07 Å². The zero-order chi connectivity index (χ0) is 15.2. The predicted molar refractivity (Wildman–Crippen MR) is 75.4 cm³/mol. The topological polar surface area (TPSA) is 55.8 Å². The van der Waals surface area contributed by atoms with Gasteiger partial charge in [0.05, 0.1) is 0 Å². The van der Waals surface area contributed by atoms with Gasteiger partial charge in [-0.1, -0.05) is 29.8 Å². The van der Waals surface area contributed by atoms with Crippen LogP contribution < -0.4 is 9.47 Å². The van der Waals surface area contributed by atoms with E-state index in [-0.39, 0.29) is 17.4 Å². The predicted octanol–water partition coefficient (Wildman–Crippen LogP) is 3.39. The lowest BCUT2D eigenvalue weighted by atomic mass is 10.3. The minimum absolute atomic E-state index is 0.191. The Balaban J connectivity index is 2.04. The second-order valence-electron chi connectivity index (χ2n) is 4.14. The zero-order valence-electron chi connectivity index (χ0n) is 10.8. The van der Waals surface area contributed by atoms with Gasteiger partial charge < -0.3 is 14.6 Å². The van der Waals surface area contributed by atoms with Crippen molar-refractivity contribution in [3.63, 3.8) is 0 Å². The third-order valence-corrected chi connectivity index (χ3v) is 2.82. The highest BCUT2D eigenvalue weighted by Crippen LogP contribution is 2.22. The van der Waals surface area contributed by atoms with Crippen LogP contribution in [0.3, 0.4) is 0 Å². The van der Waals surface area contributed by atoms with Gasteiger partial charge in [-0.3, -0.25) is 0 Å². The SMILES string of the molecule is O=C(O)C(COc1ccccc1)Oc1ccc(Cl)cc1F. The van der Waals surface area contributed by atoms with Crippen LogP contribution in [0.15, 0.2) is 48.5 Å². The molecule has 0 fully saturated rings. The van der Waals surface area contributed by atoms with Crippen molar-refractivity contribution in [1.29, 1.82) is 0 Å². The van der Waals surface area contributed by atoms with Crippen LogP contribution in [0.25, 0.3) is 0 Å². The number of carboxylic acids is 1. The lowest BCUT2D eigenvalue weighted by molar-refractivity contribution is -0.146. The van der Waals surface area contributed by atoms with E-state index in [1.807, 2.05) is 0 Å². The molecule has 0 aliphatic heterocycles. The first-order valence-electron chi connectivity index (χ1n) is 6.08. The van der Waals surface area contributed by atoms with Crippen molar-refractivity contribution < 1.29 is 23.8 Å². The summed E-state index contributed by atoms with van der Waals surface area (Å²) in [5, 5.41) is 9.31. The van der Waals surface area contributed by atoms with Crippen molar-refractivity contribution in [1.82, 2.24) is 0 Å². The molecule has 0 aromatic heterocycles.